The van der Waals surface area contributed by atoms with E-state index in [9.17, 15) is 9.59 Å². The fourth-order valence-corrected chi connectivity index (χ4v) is 2.34. The Bertz CT molecular complexity index is 878. The smallest absolute Gasteiger partial charge is 0.277 e. The summed E-state index contributed by atoms with van der Waals surface area (Å²) < 4.78 is 15.7. The van der Waals surface area contributed by atoms with E-state index in [1.54, 1.807) is 44.4 Å². The maximum Gasteiger partial charge on any atom is 0.277 e. The van der Waals surface area contributed by atoms with Gasteiger partial charge in [0.25, 0.3) is 5.91 Å². The van der Waals surface area contributed by atoms with Crippen LogP contribution in [-0.4, -0.2) is 38.4 Å². The molecule has 0 saturated heterocycles. The Balaban J connectivity index is 1.81. The first kappa shape index (κ1) is 21.7. The minimum absolute atomic E-state index is 0.00822. The normalized spacial score (nSPS) is 10.8. The molecule has 0 spiro atoms. The van der Waals surface area contributed by atoms with E-state index >= 15 is 0 Å². The highest BCUT2D eigenvalue weighted by Gasteiger charge is 2.10. The maximum absolute atomic E-state index is 12.2. The van der Waals surface area contributed by atoms with E-state index in [1.165, 1.54) is 7.11 Å². The Kier molecular flexibility index (Phi) is 8.02. The number of nitrogens with one attached hydrogen (secondary N) is 2. The number of hydrogen-bond donors (Lipinski definition) is 2. The monoisotopic (exact) mass is 399 g/mol. The Labute approximate surface area is 169 Å². The Morgan fingerprint density at radius 2 is 1.66 bits per heavy atom. The number of aryl methyl sites for hydroxylation is 1. The summed E-state index contributed by atoms with van der Waals surface area (Å²) in [5.74, 6) is 0.989. The largest absolute Gasteiger partial charge is 0.497 e. The Morgan fingerprint density at radius 1 is 0.966 bits per heavy atom. The van der Waals surface area contributed by atoms with Gasteiger partial charge in [0, 0.05) is 11.8 Å². The molecule has 2 amide bonds. The van der Waals surface area contributed by atoms with Crippen molar-refractivity contribution in [3.8, 4) is 17.2 Å². The van der Waals surface area contributed by atoms with Crippen LogP contribution in [0, 0.1) is 6.92 Å². The molecule has 0 fully saturated rings. The molecule has 2 aromatic rings. The summed E-state index contributed by atoms with van der Waals surface area (Å²) in [7, 11) is 3.05. The van der Waals surface area contributed by atoms with E-state index in [4.69, 9.17) is 14.2 Å². The van der Waals surface area contributed by atoms with Gasteiger partial charge in [0.2, 0.25) is 5.91 Å². The number of rotatable bonds is 9. The zero-order valence-electron chi connectivity index (χ0n) is 16.9. The number of nitrogens with zero attached hydrogens (tertiary/aromatic N) is 1. The zero-order chi connectivity index (χ0) is 21.2. The average Bonchev–Trinajstić information content (AvgIpc) is 2.72. The van der Waals surface area contributed by atoms with Crippen molar-refractivity contribution in [1.82, 2.24) is 5.43 Å². The topological polar surface area (TPSA) is 98.2 Å². The minimum atomic E-state index is -0.415. The maximum atomic E-state index is 12.2. The molecule has 0 aliphatic rings. The molecule has 0 aliphatic heterocycles. The summed E-state index contributed by atoms with van der Waals surface area (Å²) in [6.45, 7) is 3.44. The van der Waals surface area contributed by atoms with Crippen molar-refractivity contribution in [2.24, 2.45) is 5.10 Å². The number of hydrazone groups is 1. The molecule has 0 aromatic heterocycles. The number of methoxy groups -OCH3 is 2. The van der Waals surface area contributed by atoms with Crippen molar-refractivity contribution in [2.45, 2.75) is 20.3 Å². The van der Waals surface area contributed by atoms with Crippen LogP contribution in [0.5, 0.6) is 17.2 Å². The molecule has 0 heterocycles. The molecule has 2 aromatic carbocycles. The van der Waals surface area contributed by atoms with Crippen molar-refractivity contribution < 1.29 is 23.8 Å². The van der Waals surface area contributed by atoms with E-state index in [0.29, 0.717) is 28.6 Å². The van der Waals surface area contributed by atoms with Gasteiger partial charge in [-0.05, 0) is 38.1 Å². The van der Waals surface area contributed by atoms with Crippen LogP contribution in [0.25, 0.3) is 0 Å². The number of anilines is 1. The molecular formula is C21H25N3O5. The van der Waals surface area contributed by atoms with Crippen molar-refractivity contribution in [3.63, 3.8) is 0 Å². The Morgan fingerprint density at radius 3 is 2.31 bits per heavy atom. The zero-order valence-corrected chi connectivity index (χ0v) is 16.9. The number of benzene rings is 2. The van der Waals surface area contributed by atoms with Gasteiger partial charge in [0.1, 0.15) is 17.2 Å². The quantitative estimate of drug-likeness (QED) is 0.499. The van der Waals surface area contributed by atoms with Crippen LogP contribution in [-0.2, 0) is 9.59 Å². The van der Waals surface area contributed by atoms with Gasteiger partial charge < -0.3 is 19.5 Å². The van der Waals surface area contributed by atoms with Crippen molar-refractivity contribution in [3.05, 3.63) is 48.0 Å². The number of ether oxygens (including phenoxy) is 3. The predicted molar refractivity (Wildman–Crippen MR) is 111 cm³/mol. The summed E-state index contributed by atoms with van der Waals surface area (Å²) in [5.41, 5.74) is 4.44. The van der Waals surface area contributed by atoms with Gasteiger partial charge in [-0.25, -0.2) is 5.43 Å². The molecule has 2 rings (SSSR count). The molecule has 29 heavy (non-hydrogen) atoms. The molecule has 0 atom stereocenters. The third-order valence-corrected chi connectivity index (χ3v) is 3.86. The molecule has 2 N–H and O–H groups in total. The van der Waals surface area contributed by atoms with E-state index < -0.39 is 5.91 Å². The predicted octanol–water partition coefficient (Wildman–Crippen LogP) is 2.91. The third-order valence-electron chi connectivity index (χ3n) is 3.86. The lowest BCUT2D eigenvalue weighted by Crippen LogP contribution is -2.26. The standard InChI is InChI=1S/C21H25N3O5/c1-14-5-7-16(8-6-14)29-13-21(26)24-23-15(2)11-20(25)22-18-10-9-17(27-3)12-19(18)28-4/h5-10,12H,11,13H2,1-4H3,(H,22,25)(H,24,26)/b23-15+. The summed E-state index contributed by atoms with van der Waals surface area (Å²) in [5, 5.41) is 6.67. The lowest BCUT2D eigenvalue weighted by Gasteiger charge is -2.11. The molecule has 0 saturated carbocycles. The fraction of sp³-hybridized carbons (Fsp3) is 0.286. The van der Waals surface area contributed by atoms with Crippen LogP contribution >= 0.6 is 0 Å². The highest BCUT2D eigenvalue weighted by atomic mass is 16.5. The molecule has 0 aliphatic carbocycles. The molecule has 0 unspecified atom stereocenters. The Hall–Kier alpha value is -3.55. The molecule has 0 bridgehead atoms. The number of carbonyl (C=O) groups is 2. The van der Waals surface area contributed by atoms with Gasteiger partial charge in [0.15, 0.2) is 6.61 Å². The molecular weight excluding hydrogens is 374 g/mol. The van der Waals surface area contributed by atoms with Gasteiger partial charge in [0.05, 0.1) is 26.3 Å². The van der Waals surface area contributed by atoms with Crippen LogP contribution in [0.1, 0.15) is 18.9 Å². The van der Waals surface area contributed by atoms with Crippen LogP contribution in [0.3, 0.4) is 0 Å². The van der Waals surface area contributed by atoms with E-state index in [2.05, 4.69) is 15.8 Å². The van der Waals surface area contributed by atoms with Crippen LogP contribution in [0.2, 0.25) is 0 Å². The van der Waals surface area contributed by atoms with Crippen LogP contribution < -0.4 is 25.0 Å². The average molecular weight is 399 g/mol. The van der Waals surface area contributed by atoms with E-state index in [0.717, 1.165) is 5.56 Å². The van der Waals surface area contributed by atoms with Gasteiger partial charge in [-0.3, -0.25) is 9.59 Å². The minimum Gasteiger partial charge on any atom is -0.497 e. The van der Waals surface area contributed by atoms with Gasteiger partial charge in [-0.15, -0.1) is 0 Å². The van der Waals surface area contributed by atoms with Crippen LogP contribution in [0.4, 0.5) is 5.69 Å². The summed E-state index contributed by atoms with van der Waals surface area (Å²) in [6.07, 6.45) is 0.00822. The second-order valence-corrected chi connectivity index (χ2v) is 6.27. The van der Waals surface area contributed by atoms with E-state index in [-0.39, 0.29) is 18.9 Å². The van der Waals surface area contributed by atoms with Gasteiger partial charge >= 0.3 is 0 Å². The SMILES string of the molecule is COc1ccc(NC(=O)C/C(C)=N/NC(=O)COc2ccc(C)cc2)c(OC)c1. The molecule has 154 valence electrons. The highest BCUT2D eigenvalue weighted by Crippen LogP contribution is 2.29. The summed E-state index contributed by atoms with van der Waals surface area (Å²) >= 11 is 0. The lowest BCUT2D eigenvalue weighted by atomic mass is 10.2. The number of amides is 2. The third kappa shape index (κ3) is 7.17. The van der Waals surface area contributed by atoms with E-state index in [1.807, 2.05) is 19.1 Å². The first-order valence-electron chi connectivity index (χ1n) is 8.94. The molecule has 8 nitrogen and oxygen atoms in total. The molecule has 8 heteroatoms. The van der Waals surface area contributed by atoms with Crippen LogP contribution in [0.15, 0.2) is 47.6 Å². The van der Waals surface area contributed by atoms with Crippen molar-refractivity contribution in [2.75, 3.05) is 26.1 Å². The lowest BCUT2D eigenvalue weighted by molar-refractivity contribution is -0.123. The summed E-state index contributed by atoms with van der Waals surface area (Å²) in [4.78, 5) is 24.0. The number of hydrogen-bond acceptors (Lipinski definition) is 6. The summed E-state index contributed by atoms with van der Waals surface area (Å²) in [6, 6.07) is 12.4. The fourth-order valence-electron chi connectivity index (χ4n) is 2.34. The second-order valence-electron chi connectivity index (χ2n) is 6.27. The first-order valence-corrected chi connectivity index (χ1v) is 8.94. The molecule has 0 radical (unpaired) electrons. The van der Waals surface area contributed by atoms with Gasteiger partial charge in [-0.2, -0.15) is 5.10 Å². The second kappa shape index (κ2) is 10.7. The number of carbonyl (C=O) groups excluding carboxylic acids is 2. The van der Waals surface area contributed by atoms with Gasteiger partial charge in [-0.1, -0.05) is 17.7 Å². The highest BCUT2D eigenvalue weighted by molar-refractivity contribution is 6.06. The van der Waals surface area contributed by atoms with Crippen molar-refractivity contribution in [1.29, 1.82) is 0 Å². The first-order chi connectivity index (χ1) is 13.9. The van der Waals surface area contributed by atoms with Crippen molar-refractivity contribution >= 4 is 23.2 Å².